The maximum Gasteiger partial charge on any atom is 0.274 e. The summed E-state index contributed by atoms with van der Waals surface area (Å²) < 4.78 is 1.92. The highest BCUT2D eigenvalue weighted by atomic mass is 35.5. The molecule has 6 rings (SSSR count). The van der Waals surface area contributed by atoms with E-state index in [2.05, 4.69) is 26.5 Å². The molecular weight excluding hydrogens is 530 g/mol. The molecular formula is C25H12ClN7O4S. The predicted molar refractivity (Wildman–Crippen MR) is 138 cm³/mol. The zero-order valence-electron chi connectivity index (χ0n) is 18.9. The van der Waals surface area contributed by atoms with Gasteiger partial charge in [0.2, 0.25) is 0 Å². The minimum atomic E-state index is -0.782. The van der Waals surface area contributed by atoms with E-state index in [0.717, 1.165) is 11.3 Å². The number of phenolic OH excluding ortho intramolecular Hbond substituents is 1. The summed E-state index contributed by atoms with van der Waals surface area (Å²) in [6.45, 7) is 0. The van der Waals surface area contributed by atoms with Crippen LogP contribution in [-0.4, -0.2) is 35.0 Å². The van der Waals surface area contributed by atoms with Gasteiger partial charge in [0.1, 0.15) is 15.9 Å². The lowest BCUT2D eigenvalue weighted by Crippen LogP contribution is -2.36. The molecule has 1 unspecified atom stereocenters. The molecule has 0 saturated carbocycles. The lowest BCUT2D eigenvalue weighted by Gasteiger charge is -2.23. The Bertz CT molecular complexity index is 2030. The first-order chi connectivity index (χ1) is 18.4. The van der Waals surface area contributed by atoms with Crippen molar-refractivity contribution in [3.05, 3.63) is 106 Å². The summed E-state index contributed by atoms with van der Waals surface area (Å²) in [6, 6.07) is 14.6. The van der Waals surface area contributed by atoms with Crippen molar-refractivity contribution in [1.82, 2.24) is 25.0 Å². The second kappa shape index (κ2) is 8.84. The van der Waals surface area contributed by atoms with Gasteiger partial charge in [-0.25, -0.2) is 4.57 Å². The first-order valence-electron chi connectivity index (χ1n) is 11.0. The minimum Gasteiger partial charge on any atom is -0.506 e. The monoisotopic (exact) mass is 541 g/mol. The highest BCUT2D eigenvalue weighted by Gasteiger charge is 2.34. The number of pyridine rings is 1. The number of fused-ring (bicyclic) bond motifs is 4. The number of nitro groups is 1. The Morgan fingerprint density at radius 1 is 1.18 bits per heavy atom. The molecule has 0 aliphatic carbocycles. The molecule has 0 saturated heterocycles. The molecule has 1 atom stereocenters. The van der Waals surface area contributed by atoms with Crippen LogP contribution in [0.4, 0.5) is 5.69 Å². The molecule has 3 aromatic heterocycles. The maximum absolute atomic E-state index is 13.7. The lowest BCUT2D eigenvalue weighted by molar-refractivity contribution is -0.384. The van der Waals surface area contributed by atoms with Crippen LogP contribution in [0.15, 0.2) is 59.5 Å². The summed E-state index contributed by atoms with van der Waals surface area (Å²) in [6.07, 6.45) is 3.22. The van der Waals surface area contributed by atoms with Gasteiger partial charge in [0.25, 0.3) is 11.2 Å². The quantitative estimate of drug-likeness (QED) is 0.267. The molecule has 0 fully saturated rings. The fraction of sp³-hybridized carbons (Fsp3) is 0.0400. The van der Waals surface area contributed by atoms with E-state index in [1.165, 1.54) is 34.9 Å². The van der Waals surface area contributed by atoms with Crippen LogP contribution in [0, 0.1) is 21.4 Å². The van der Waals surface area contributed by atoms with Gasteiger partial charge >= 0.3 is 0 Å². The summed E-state index contributed by atoms with van der Waals surface area (Å²) in [5.74, 6) is -0.645. The van der Waals surface area contributed by atoms with Gasteiger partial charge in [-0.1, -0.05) is 35.9 Å². The van der Waals surface area contributed by atoms with E-state index in [1.807, 2.05) is 0 Å². The van der Waals surface area contributed by atoms with Gasteiger partial charge in [-0.15, -0.1) is 21.5 Å². The lowest BCUT2D eigenvalue weighted by atomic mass is 9.85. The van der Waals surface area contributed by atoms with Crippen LogP contribution >= 0.6 is 22.9 Å². The number of aromatic hydroxyl groups is 1. The zero-order chi connectivity index (χ0) is 26.6. The van der Waals surface area contributed by atoms with Crippen LogP contribution in [-0.2, 0) is 0 Å². The third-order valence-electron chi connectivity index (χ3n) is 6.20. The minimum absolute atomic E-state index is 0.0114. The number of phenols is 1. The molecule has 4 heterocycles. The maximum atomic E-state index is 13.7. The SMILES string of the molecule is N#CC1=c2s/c(=C/c3ccc(O)c4ncccc34)c(=O)n2-c2nnnc(Cl)c2C1c1ccc([N+](=O)[O-])cc1. The third kappa shape index (κ3) is 3.52. The summed E-state index contributed by atoms with van der Waals surface area (Å²) in [7, 11) is 0. The van der Waals surface area contributed by atoms with Crippen molar-refractivity contribution in [3.8, 4) is 17.6 Å². The van der Waals surface area contributed by atoms with Gasteiger partial charge in [0.05, 0.1) is 27.0 Å². The highest BCUT2D eigenvalue weighted by molar-refractivity contribution is 7.07. The van der Waals surface area contributed by atoms with Gasteiger partial charge in [0, 0.05) is 29.3 Å². The number of halogens is 1. The Hall–Kier alpha value is -4.99. The Balaban J connectivity index is 1.67. The van der Waals surface area contributed by atoms with Gasteiger partial charge in [-0.3, -0.25) is 19.9 Å². The number of benzene rings is 2. The third-order valence-corrected chi connectivity index (χ3v) is 7.59. The average Bonchev–Trinajstić information content (AvgIpc) is 3.25. The first-order valence-corrected chi connectivity index (χ1v) is 12.2. The van der Waals surface area contributed by atoms with Crippen LogP contribution in [0.1, 0.15) is 22.6 Å². The van der Waals surface area contributed by atoms with Crippen molar-refractivity contribution in [3.63, 3.8) is 0 Å². The van der Waals surface area contributed by atoms with Crippen molar-refractivity contribution in [2.24, 2.45) is 0 Å². The van der Waals surface area contributed by atoms with Crippen LogP contribution in [0.25, 0.3) is 28.4 Å². The molecule has 184 valence electrons. The molecule has 38 heavy (non-hydrogen) atoms. The molecule has 11 nitrogen and oxygen atoms in total. The molecule has 2 aromatic carbocycles. The van der Waals surface area contributed by atoms with Crippen molar-refractivity contribution < 1.29 is 10.0 Å². The summed E-state index contributed by atoms with van der Waals surface area (Å²) in [5, 5.41) is 43.8. The number of non-ortho nitro benzene ring substituents is 1. The van der Waals surface area contributed by atoms with Crippen molar-refractivity contribution in [1.29, 1.82) is 5.26 Å². The number of nitrogens with zero attached hydrogens (tertiary/aromatic N) is 7. The summed E-state index contributed by atoms with van der Waals surface area (Å²) in [4.78, 5) is 28.5. The molecule has 1 N–H and O–H groups in total. The average molecular weight is 542 g/mol. The Kier molecular flexibility index (Phi) is 5.45. The van der Waals surface area contributed by atoms with E-state index in [0.29, 0.717) is 36.8 Å². The van der Waals surface area contributed by atoms with Crippen LogP contribution in [0.5, 0.6) is 5.75 Å². The Morgan fingerprint density at radius 2 is 1.97 bits per heavy atom. The first kappa shape index (κ1) is 23.4. The number of aromatic nitrogens is 5. The molecule has 0 amide bonds. The standard InChI is InChI=1S/C25H12ClN7O4S/c26-22-20-19(12-3-6-14(7-4-12)33(36)37)16(11-27)25-32(23(20)30-31-29-22)24(35)18(38-25)10-13-5-8-17(34)21-15(13)2-1-9-28-21/h1-10,19,34H/b18-10+. The second-order valence-electron chi connectivity index (χ2n) is 8.25. The summed E-state index contributed by atoms with van der Waals surface area (Å²) in [5.41, 5.74) is 1.53. The van der Waals surface area contributed by atoms with Crippen LogP contribution in [0.2, 0.25) is 5.15 Å². The number of hydrogen-bond donors (Lipinski definition) is 1. The second-order valence-corrected chi connectivity index (χ2v) is 9.64. The highest BCUT2D eigenvalue weighted by Crippen LogP contribution is 2.40. The number of nitro benzene ring substituents is 1. The van der Waals surface area contributed by atoms with Gasteiger partial charge < -0.3 is 5.11 Å². The smallest absolute Gasteiger partial charge is 0.274 e. The topological polar surface area (TPSA) is 161 Å². The van der Waals surface area contributed by atoms with E-state index in [9.17, 15) is 25.3 Å². The molecule has 13 heteroatoms. The number of rotatable bonds is 3. The Morgan fingerprint density at radius 3 is 2.71 bits per heavy atom. The molecule has 0 bridgehead atoms. The zero-order valence-corrected chi connectivity index (χ0v) is 20.5. The molecule has 0 spiro atoms. The van der Waals surface area contributed by atoms with E-state index in [1.54, 1.807) is 30.5 Å². The van der Waals surface area contributed by atoms with Crippen molar-refractivity contribution in [2.75, 3.05) is 0 Å². The molecule has 5 aromatic rings. The van der Waals surface area contributed by atoms with E-state index in [-0.39, 0.29) is 28.0 Å². The van der Waals surface area contributed by atoms with E-state index >= 15 is 0 Å². The normalized spacial score (nSPS) is 14.7. The van der Waals surface area contributed by atoms with Crippen molar-refractivity contribution >= 4 is 51.2 Å². The van der Waals surface area contributed by atoms with E-state index < -0.39 is 16.4 Å². The Labute approximate surface area is 221 Å². The van der Waals surface area contributed by atoms with Gasteiger partial charge in [0.15, 0.2) is 11.0 Å². The molecule has 1 aliphatic heterocycles. The predicted octanol–water partition coefficient (Wildman–Crippen LogP) is 2.55. The van der Waals surface area contributed by atoms with Crippen molar-refractivity contribution in [2.45, 2.75) is 5.92 Å². The van der Waals surface area contributed by atoms with Gasteiger partial charge in [-0.2, -0.15) is 5.26 Å². The fourth-order valence-electron chi connectivity index (χ4n) is 4.52. The summed E-state index contributed by atoms with van der Waals surface area (Å²) >= 11 is 7.52. The number of thiazole rings is 1. The van der Waals surface area contributed by atoms with Crippen LogP contribution in [0.3, 0.4) is 0 Å². The number of hydrogen-bond acceptors (Lipinski definition) is 10. The number of nitriles is 1. The van der Waals surface area contributed by atoms with Gasteiger partial charge in [-0.05, 0) is 34.5 Å². The molecule has 0 radical (unpaired) electrons. The van der Waals surface area contributed by atoms with E-state index in [4.69, 9.17) is 11.6 Å². The fourth-order valence-corrected chi connectivity index (χ4v) is 5.86. The largest absolute Gasteiger partial charge is 0.506 e. The molecule has 1 aliphatic rings. The van der Waals surface area contributed by atoms with Crippen LogP contribution < -0.4 is 14.8 Å².